The average molecular weight is 424 g/mol. The van der Waals surface area contributed by atoms with Crippen LogP contribution >= 0.6 is 22.7 Å². The lowest BCUT2D eigenvalue weighted by molar-refractivity contribution is 0.0746. The molecular weight excluding hydrogens is 402 g/mol. The van der Waals surface area contributed by atoms with Crippen molar-refractivity contribution in [3.63, 3.8) is 0 Å². The normalized spacial score (nSPS) is 14.7. The number of pyridine rings is 1. The number of aromatic nitrogens is 3. The lowest BCUT2D eigenvalue weighted by atomic mass is 10.1. The Labute approximate surface area is 177 Å². The maximum absolute atomic E-state index is 13.4. The quantitative estimate of drug-likeness (QED) is 0.497. The summed E-state index contributed by atoms with van der Waals surface area (Å²) in [5.41, 5.74) is 2.86. The van der Waals surface area contributed by atoms with Crippen molar-refractivity contribution in [2.75, 3.05) is 31.1 Å². The number of nitrogens with zero attached hydrogens (tertiary/aromatic N) is 5. The van der Waals surface area contributed by atoms with Crippen molar-refractivity contribution >= 4 is 44.1 Å². The van der Waals surface area contributed by atoms with Gasteiger partial charge in [0.05, 0.1) is 5.56 Å². The molecule has 1 saturated heterocycles. The number of aryl methyl sites for hydroxylation is 1. The summed E-state index contributed by atoms with van der Waals surface area (Å²) >= 11 is 3.30. The van der Waals surface area contributed by atoms with E-state index in [4.69, 9.17) is 4.98 Å². The second-order valence-corrected chi connectivity index (χ2v) is 9.32. The smallest absolute Gasteiger partial charge is 0.257 e. The van der Waals surface area contributed by atoms with Crippen LogP contribution in [0.3, 0.4) is 0 Å². The fraction of sp³-hybridized carbons (Fsp3) is 0.286. The van der Waals surface area contributed by atoms with E-state index in [1.165, 1.54) is 4.88 Å². The van der Waals surface area contributed by atoms with Crippen molar-refractivity contribution in [2.24, 2.45) is 0 Å². The number of carbonyl (C=O) groups excluding carboxylic acids is 1. The number of thiazole rings is 1. The number of thiophene rings is 1. The molecule has 0 spiro atoms. The maximum atomic E-state index is 13.4. The van der Waals surface area contributed by atoms with E-state index in [1.807, 2.05) is 46.1 Å². The minimum absolute atomic E-state index is 0.126. The van der Waals surface area contributed by atoms with Crippen LogP contribution in [0.15, 0.2) is 42.9 Å². The molecule has 29 heavy (non-hydrogen) atoms. The Bertz CT molecular complexity index is 1140. The zero-order chi connectivity index (χ0) is 20.0. The van der Waals surface area contributed by atoms with E-state index >= 15 is 0 Å². The molecule has 4 aromatic rings. The summed E-state index contributed by atoms with van der Waals surface area (Å²) in [6.07, 6.45) is 5.80. The Morgan fingerprint density at radius 2 is 1.79 bits per heavy atom. The number of rotatable bonds is 3. The fourth-order valence-corrected chi connectivity index (χ4v) is 5.74. The second kappa shape index (κ2) is 7.27. The predicted octanol–water partition coefficient (Wildman–Crippen LogP) is 4.12. The molecule has 0 aromatic carbocycles. The van der Waals surface area contributed by atoms with Gasteiger partial charge in [0.1, 0.15) is 15.3 Å². The molecule has 0 atom stereocenters. The topological polar surface area (TPSA) is 54.3 Å². The van der Waals surface area contributed by atoms with Gasteiger partial charge in [-0.15, -0.1) is 11.3 Å². The third-order valence-corrected chi connectivity index (χ3v) is 7.67. The van der Waals surface area contributed by atoms with Crippen molar-refractivity contribution in [2.45, 2.75) is 13.8 Å². The molecule has 8 heteroatoms. The van der Waals surface area contributed by atoms with Crippen molar-refractivity contribution in [3.05, 3.63) is 58.9 Å². The Morgan fingerprint density at radius 3 is 2.52 bits per heavy atom. The first-order valence-corrected chi connectivity index (χ1v) is 11.2. The van der Waals surface area contributed by atoms with E-state index < -0.39 is 0 Å². The number of amides is 1. The van der Waals surface area contributed by atoms with Gasteiger partial charge in [-0.25, -0.2) is 9.97 Å². The van der Waals surface area contributed by atoms with Gasteiger partial charge in [0, 0.05) is 49.6 Å². The van der Waals surface area contributed by atoms with E-state index in [1.54, 1.807) is 28.9 Å². The zero-order valence-corrected chi connectivity index (χ0v) is 18.0. The molecule has 0 saturated carbocycles. The lowest BCUT2D eigenvalue weighted by Crippen LogP contribution is -2.49. The van der Waals surface area contributed by atoms with Crippen molar-refractivity contribution < 1.29 is 4.79 Å². The molecule has 0 N–H and O–H groups in total. The monoisotopic (exact) mass is 423 g/mol. The first-order valence-electron chi connectivity index (χ1n) is 9.61. The van der Waals surface area contributed by atoms with Gasteiger partial charge in [0.15, 0.2) is 5.13 Å². The standard InChI is InChI=1S/C21H21N5OS2/c1-14-15(2)28-20(25-8-3-4-9-25)17(14)19(27)24-10-12-26(13-11-24)21-23-16-6-5-7-22-18(16)29-21/h3-9H,10-13H2,1-2H3. The molecule has 0 bridgehead atoms. The first-order chi connectivity index (χ1) is 14.1. The van der Waals surface area contributed by atoms with Gasteiger partial charge in [-0.2, -0.15) is 0 Å². The molecule has 1 aliphatic rings. The molecule has 1 aliphatic heterocycles. The highest BCUT2D eigenvalue weighted by Crippen LogP contribution is 2.33. The van der Waals surface area contributed by atoms with E-state index in [0.29, 0.717) is 13.1 Å². The van der Waals surface area contributed by atoms with E-state index in [9.17, 15) is 4.79 Å². The van der Waals surface area contributed by atoms with Gasteiger partial charge >= 0.3 is 0 Å². The lowest BCUT2D eigenvalue weighted by Gasteiger charge is -2.34. The molecule has 148 valence electrons. The van der Waals surface area contributed by atoms with Gasteiger partial charge in [0.2, 0.25) is 0 Å². The summed E-state index contributed by atoms with van der Waals surface area (Å²) in [7, 11) is 0. The van der Waals surface area contributed by atoms with Crippen LogP contribution in [0.5, 0.6) is 0 Å². The summed E-state index contributed by atoms with van der Waals surface area (Å²) in [5.74, 6) is 0.126. The number of hydrogen-bond donors (Lipinski definition) is 0. The van der Waals surface area contributed by atoms with Crippen LogP contribution in [0.1, 0.15) is 20.8 Å². The summed E-state index contributed by atoms with van der Waals surface area (Å²) in [6, 6.07) is 7.89. The molecule has 1 fully saturated rings. The van der Waals surface area contributed by atoms with E-state index in [-0.39, 0.29) is 5.91 Å². The Balaban J connectivity index is 1.35. The largest absolute Gasteiger partial charge is 0.344 e. The molecule has 0 aliphatic carbocycles. The van der Waals surface area contributed by atoms with Gasteiger partial charge in [-0.3, -0.25) is 4.79 Å². The van der Waals surface area contributed by atoms with Crippen molar-refractivity contribution in [1.29, 1.82) is 0 Å². The zero-order valence-electron chi connectivity index (χ0n) is 16.3. The molecular formula is C21H21N5OS2. The van der Waals surface area contributed by atoms with Gasteiger partial charge in [-0.1, -0.05) is 11.3 Å². The molecule has 0 unspecified atom stereocenters. The Kier molecular flexibility index (Phi) is 4.60. The summed E-state index contributed by atoms with van der Waals surface area (Å²) in [5, 5.41) is 2.00. The molecule has 5 rings (SSSR count). The summed E-state index contributed by atoms with van der Waals surface area (Å²) in [4.78, 5) is 28.9. The molecule has 5 heterocycles. The van der Waals surface area contributed by atoms with Crippen LogP contribution in [0.25, 0.3) is 15.3 Å². The highest BCUT2D eigenvalue weighted by molar-refractivity contribution is 7.21. The molecule has 6 nitrogen and oxygen atoms in total. The minimum atomic E-state index is 0.126. The Morgan fingerprint density at radius 1 is 1.03 bits per heavy atom. The predicted molar refractivity (Wildman–Crippen MR) is 119 cm³/mol. The van der Waals surface area contributed by atoms with Crippen LogP contribution in [0.4, 0.5) is 5.13 Å². The van der Waals surface area contributed by atoms with Crippen LogP contribution in [-0.4, -0.2) is 51.5 Å². The van der Waals surface area contributed by atoms with Crippen molar-refractivity contribution in [3.8, 4) is 5.00 Å². The van der Waals surface area contributed by atoms with Crippen LogP contribution in [0, 0.1) is 13.8 Å². The number of anilines is 1. The molecule has 4 aromatic heterocycles. The van der Waals surface area contributed by atoms with Gasteiger partial charge in [0.25, 0.3) is 5.91 Å². The molecule has 0 radical (unpaired) electrons. The van der Waals surface area contributed by atoms with E-state index in [2.05, 4.69) is 23.7 Å². The van der Waals surface area contributed by atoms with Crippen LogP contribution < -0.4 is 4.90 Å². The van der Waals surface area contributed by atoms with E-state index in [0.717, 1.165) is 44.7 Å². The maximum Gasteiger partial charge on any atom is 0.257 e. The molecule has 1 amide bonds. The summed E-state index contributed by atoms with van der Waals surface area (Å²) in [6.45, 7) is 7.10. The highest BCUT2D eigenvalue weighted by Gasteiger charge is 2.28. The number of piperazine rings is 1. The highest BCUT2D eigenvalue weighted by atomic mass is 32.1. The number of carbonyl (C=O) groups is 1. The SMILES string of the molecule is Cc1sc(-n2cccc2)c(C(=O)N2CCN(c3nc4cccnc4s3)CC2)c1C. The fourth-order valence-electron chi connectivity index (χ4n) is 3.67. The summed E-state index contributed by atoms with van der Waals surface area (Å²) < 4.78 is 2.04. The minimum Gasteiger partial charge on any atom is -0.344 e. The van der Waals surface area contributed by atoms with Gasteiger partial charge in [-0.05, 0) is 43.7 Å². The third-order valence-electron chi connectivity index (χ3n) is 5.41. The van der Waals surface area contributed by atoms with Crippen molar-refractivity contribution in [1.82, 2.24) is 19.4 Å². The average Bonchev–Trinajstić information content (AvgIpc) is 3.47. The Hall–Kier alpha value is -2.71. The second-order valence-electron chi connectivity index (χ2n) is 7.16. The van der Waals surface area contributed by atoms with Crippen LogP contribution in [0.2, 0.25) is 0 Å². The first kappa shape index (κ1) is 18.3. The number of hydrogen-bond acceptors (Lipinski definition) is 6. The number of fused-ring (bicyclic) bond motifs is 1. The van der Waals surface area contributed by atoms with Crippen LogP contribution in [-0.2, 0) is 0 Å². The third kappa shape index (κ3) is 3.22. The van der Waals surface area contributed by atoms with Gasteiger partial charge < -0.3 is 14.4 Å².